The first-order valence-corrected chi connectivity index (χ1v) is 5.49. The molecule has 8 heteroatoms. The maximum absolute atomic E-state index is 12.9. The number of halogens is 7. The highest BCUT2D eigenvalue weighted by Gasteiger charge is 2.75. The second-order valence-corrected chi connectivity index (χ2v) is 4.06. The van der Waals surface area contributed by atoms with Gasteiger partial charge in [0.2, 0.25) is 0 Å². The molecule has 0 aliphatic heterocycles. The lowest BCUT2D eigenvalue weighted by Crippen LogP contribution is -2.57. The van der Waals surface area contributed by atoms with E-state index in [0.29, 0.717) is 12.8 Å². The zero-order chi connectivity index (χ0) is 14.6. The molecule has 0 heterocycles. The minimum Gasteiger partial charge on any atom is -0.387 e. The summed E-state index contributed by atoms with van der Waals surface area (Å²) in [5.74, 6) is -11.7. The normalized spacial score (nSPS) is 15.8. The second kappa shape index (κ2) is 6.08. The largest absolute Gasteiger partial charge is 0.459 e. The van der Waals surface area contributed by atoms with Crippen molar-refractivity contribution in [1.82, 2.24) is 0 Å². The third-order valence-electron chi connectivity index (χ3n) is 2.52. The minimum atomic E-state index is -6.39. The molecule has 0 radical (unpaired) electrons. The number of hydrogen-bond acceptors (Lipinski definition) is 1. The molecule has 18 heavy (non-hydrogen) atoms. The van der Waals surface area contributed by atoms with E-state index in [1.54, 1.807) is 0 Å². The highest BCUT2D eigenvalue weighted by molar-refractivity contribution is 4.95. The van der Waals surface area contributed by atoms with Crippen LogP contribution in [-0.4, -0.2) is 29.2 Å². The average molecular weight is 284 g/mol. The molecule has 1 N–H and O–H groups in total. The van der Waals surface area contributed by atoms with Gasteiger partial charge in [0, 0.05) is 0 Å². The van der Waals surface area contributed by atoms with Crippen molar-refractivity contribution in [3.8, 4) is 0 Å². The fourth-order valence-electron chi connectivity index (χ4n) is 1.34. The molecule has 1 unspecified atom stereocenters. The van der Waals surface area contributed by atoms with E-state index >= 15 is 0 Å². The molecular weight excluding hydrogens is 269 g/mol. The smallest absolute Gasteiger partial charge is 0.387 e. The molecule has 0 bridgehead atoms. The molecule has 0 rings (SSSR count). The Morgan fingerprint density at radius 1 is 0.889 bits per heavy atom. The summed E-state index contributed by atoms with van der Waals surface area (Å²) in [4.78, 5) is 0. The van der Waals surface area contributed by atoms with Crippen LogP contribution < -0.4 is 0 Å². The van der Waals surface area contributed by atoms with E-state index in [1.807, 2.05) is 6.92 Å². The summed E-state index contributed by atoms with van der Waals surface area (Å²) in [6.45, 7) is 1.81. The van der Waals surface area contributed by atoms with Gasteiger partial charge in [-0.15, -0.1) is 0 Å². The van der Waals surface area contributed by atoms with Gasteiger partial charge in [-0.3, -0.25) is 0 Å². The Morgan fingerprint density at radius 3 is 1.78 bits per heavy atom. The van der Waals surface area contributed by atoms with Crippen LogP contribution in [0.2, 0.25) is 0 Å². The molecule has 0 aliphatic rings. The van der Waals surface area contributed by atoms with Crippen LogP contribution in [0.15, 0.2) is 0 Å². The van der Waals surface area contributed by atoms with Crippen LogP contribution >= 0.6 is 0 Å². The standard InChI is InChI=1S/C10H15F7O/c1-2-3-4-5-6-7(18)8(11,12)9(13,14)10(15,16)17/h7,18H,2-6H2,1H3. The van der Waals surface area contributed by atoms with E-state index in [-0.39, 0.29) is 6.42 Å². The maximum atomic E-state index is 12.9. The molecule has 0 fully saturated rings. The molecule has 0 spiro atoms. The Morgan fingerprint density at radius 2 is 1.39 bits per heavy atom. The van der Waals surface area contributed by atoms with Crippen LogP contribution in [0.5, 0.6) is 0 Å². The van der Waals surface area contributed by atoms with Gasteiger partial charge >= 0.3 is 18.0 Å². The van der Waals surface area contributed by atoms with Crippen LogP contribution in [0.4, 0.5) is 30.7 Å². The first-order chi connectivity index (χ1) is 7.98. The molecule has 0 aromatic carbocycles. The van der Waals surface area contributed by atoms with Gasteiger partial charge in [-0.2, -0.15) is 30.7 Å². The number of hydrogen-bond donors (Lipinski definition) is 1. The highest BCUT2D eigenvalue weighted by atomic mass is 19.4. The Labute approximate surface area is 100.0 Å². The topological polar surface area (TPSA) is 20.2 Å². The Kier molecular flexibility index (Phi) is 5.90. The van der Waals surface area contributed by atoms with Crippen LogP contribution in [-0.2, 0) is 0 Å². The van der Waals surface area contributed by atoms with Crippen LogP contribution in [0, 0.1) is 0 Å². The lowest BCUT2D eigenvalue weighted by molar-refractivity contribution is -0.371. The van der Waals surface area contributed by atoms with Gasteiger partial charge in [0.15, 0.2) is 0 Å². The summed E-state index contributed by atoms with van der Waals surface area (Å²) in [7, 11) is 0. The van der Waals surface area contributed by atoms with Gasteiger partial charge in [-0.1, -0.05) is 32.6 Å². The first-order valence-electron chi connectivity index (χ1n) is 5.49. The monoisotopic (exact) mass is 284 g/mol. The van der Waals surface area contributed by atoms with Gasteiger partial charge in [0.25, 0.3) is 0 Å². The number of aliphatic hydroxyl groups is 1. The lowest BCUT2D eigenvalue weighted by atomic mass is 9.99. The van der Waals surface area contributed by atoms with Crippen LogP contribution in [0.1, 0.15) is 39.0 Å². The molecular formula is C10H15F7O. The molecule has 0 aliphatic carbocycles. The summed E-state index contributed by atoms with van der Waals surface area (Å²) < 4.78 is 86.1. The number of alkyl halides is 7. The number of unbranched alkanes of at least 4 members (excludes halogenated alkanes) is 3. The highest BCUT2D eigenvalue weighted by Crippen LogP contribution is 2.48. The zero-order valence-electron chi connectivity index (χ0n) is 9.71. The van der Waals surface area contributed by atoms with E-state index in [4.69, 9.17) is 5.11 Å². The predicted molar refractivity (Wildman–Crippen MR) is 50.7 cm³/mol. The van der Waals surface area contributed by atoms with Crippen molar-refractivity contribution in [2.24, 2.45) is 0 Å². The van der Waals surface area contributed by atoms with Crippen molar-refractivity contribution in [3.63, 3.8) is 0 Å². The Bertz CT molecular complexity index is 249. The van der Waals surface area contributed by atoms with Crippen molar-refractivity contribution >= 4 is 0 Å². The predicted octanol–water partition coefficient (Wildman–Crippen LogP) is 4.15. The molecule has 1 atom stereocenters. The van der Waals surface area contributed by atoms with Crippen molar-refractivity contribution in [2.45, 2.75) is 63.2 Å². The van der Waals surface area contributed by atoms with Crippen molar-refractivity contribution in [1.29, 1.82) is 0 Å². The number of aliphatic hydroxyl groups excluding tert-OH is 1. The quantitative estimate of drug-likeness (QED) is 0.550. The first kappa shape index (κ1) is 17.5. The lowest BCUT2D eigenvalue weighted by Gasteiger charge is -2.31. The van der Waals surface area contributed by atoms with E-state index in [0.717, 1.165) is 6.42 Å². The summed E-state index contributed by atoms with van der Waals surface area (Å²) in [5, 5.41) is 8.85. The fourth-order valence-corrected chi connectivity index (χ4v) is 1.34. The molecule has 0 aromatic rings. The molecule has 110 valence electrons. The van der Waals surface area contributed by atoms with Gasteiger partial charge in [-0.25, -0.2) is 0 Å². The summed E-state index contributed by atoms with van der Waals surface area (Å²) in [6, 6.07) is 0. The van der Waals surface area contributed by atoms with Crippen LogP contribution in [0.25, 0.3) is 0 Å². The van der Waals surface area contributed by atoms with Gasteiger partial charge in [-0.05, 0) is 6.42 Å². The van der Waals surface area contributed by atoms with E-state index in [9.17, 15) is 30.7 Å². The third kappa shape index (κ3) is 3.73. The molecule has 0 aromatic heterocycles. The minimum absolute atomic E-state index is 0.0292. The van der Waals surface area contributed by atoms with Crippen molar-refractivity contribution in [2.75, 3.05) is 0 Å². The zero-order valence-corrected chi connectivity index (χ0v) is 9.71. The molecule has 0 saturated carbocycles. The number of rotatable bonds is 7. The van der Waals surface area contributed by atoms with E-state index in [2.05, 4.69) is 0 Å². The maximum Gasteiger partial charge on any atom is 0.459 e. The van der Waals surface area contributed by atoms with Gasteiger partial charge in [0.05, 0.1) is 0 Å². The van der Waals surface area contributed by atoms with Gasteiger partial charge in [0.1, 0.15) is 6.10 Å². The Balaban J connectivity index is 4.61. The second-order valence-electron chi connectivity index (χ2n) is 4.06. The fraction of sp³-hybridized carbons (Fsp3) is 1.00. The van der Waals surface area contributed by atoms with Crippen molar-refractivity contribution in [3.05, 3.63) is 0 Å². The summed E-state index contributed by atoms with van der Waals surface area (Å²) >= 11 is 0. The summed E-state index contributed by atoms with van der Waals surface area (Å²) in [5.41, 5.74) is 0. The van der Waals surface area contributed by atoms with E-state index in [1.165, 1.54) is 0 Å². The van der Waals surface area contributed by atoms with E-state index < -0.39 is 30.5 Å². The Hall–Kier alpha value is -0.530. The van der Waals surface area contributed by atoms with Crippen LogP contribution in [0.3, 0.4) is 0 Å². The molecule has 1 nitrogen and oxygen atoms in total. The SMILES string of the molecule is CCCCCCC(O)C(F)(F)C(F)(F)C(F)(F)F. The average Bonchev–Trinajstić information content (AvgIpc) is 2.22. The molecule has 0 saturated heterocycles. The van der Waals surface area contributed by atoms with Gasteiger partial charge < -0.3 is 5.11 Å². The molecule has 0 amide bonds. The summed E-state index contributed by atoms with van der Waals surface area (Å²) in [6.07, 6.45) is -8.45. The third-order valence-corrected chi connectivity index (χ3v) is 2.52. The van der Waals surface area contributed by atoms with Crippen molar-refractivity contribution < 1.29 is 35.8 Å².